The monoisotopic (exact) mass is 325 g/mol. The van der Waals surface area contributed by atoms with Gasteiger partial charge in [-0.15, -0.1) is 13.2 Å². The van der Waals surface area contributed by atoms with Gasteiger partial charge in [-0.25, -0.2) is 0 Å². The Labute approximate surface area is 130 Å². The summed E-state index contributed by atoms with van der Waals surface area (Å²) in [6.07, 6.45) is -4.82. The Kier molecular flexibility index (Phi) is 4.78. The molecule has 1 amide bonds. The van der Waals surface area contributed by atoms with Crippen LogP contribution in [0, 0.1) is 0 Å². The molecule has 0 fully saturated rings. The zero-order valence-corrected chi connectivity index (χ0v) is 12.4. The smallest absolute Gasteiger partial charge is 0.496 e. The lowest BCUT2D eigenvalue weighted by molar-refractivity contribution is -0.274. The van der Waals surface area contributed by atoms with E-state index in [2.05, 4.69) is 10.1 Å². The van der Waals surface area contributed by atoms with Crippen molar-refractivity contribution in [2.24, 2.45) is 0 Å². The van der Waals surface area contributed by atoms with Gasteiger partial charge in [0.1, 0.15) is 11.5 Å². The van der Waals surface area contributed by atoms with Crippen LogP contribution in [0.2, 0.25) is 0 Å². The van der Waals surface area contributed by atoms with E-state index in [1.807, 2.05) is 0 Å². The van der Waals surface area contributed by atoms with Crippen LogP contribution in [0.1, 0.15) is 10.4 Å². The van der Waals surface area contributed by atoms with Gasteiger partial charge < -0.3 is 14.8 Å². The lowest BCUT2D eigenvalue weighted by atomic mass is 10.0. The fraction of sp³-hybridized carbons (Fsp3) is 0.188. The van der Waals surface area contributed by atoms with Gasteiger partial charge in [0.2, 0.25) is 0 Å². The number of hydrogen-bond acceptors (Lipinski definition) is 3. The summed E-state index contributed by atoms with van der Waals surface area (Å²) in [7, 11) is 2.86. The SMILES string of the molecule is CNC(=O)c1ccc(OC)c(-c2ccccc2OC(F)(F)F)c1. The molecule has 0 aliphatic rings. The highest BCUT2D eigenvalue weighted by molar-refractivity contribution is 5.96. The van der Waals surface area contributed by atoms with Crippen LogP contribution in [0.3, 0.4) is 0 Å². The minimum absolute atomic E-state index is 0.174. The third kappa shape index (κ3) is 3.94. The first-order valence-corrected chi connectivity index (χ1v) is 6.61. The van der Waals surface area contributed by atoms with Crippen molar-refractivity contribution in [3.63, 3.8) is 0 Å². The second-order valence-corrected chi connectivity index (χ2v) is 4.54. The first kappa shape index (κ1) is 16.7. The highest BCUT2D eigenvalue weighted by atomic mass is 19.4. The van der Waals surface area contributed by atoms with Crippen molar-refractivity contribution in [3.05, 3.63) is 48.0 Å². The highest BCUT2D eigenvalue weighted by Gasteiger charge is 2.32. The summed E-state index contributed by atoms with van der Waals surface area (Å²) in [6, 6.07) is 10.2. The molecule has 0 unspecified atom stereocenters. The molecule has 1 N–H and O–H groups in total. The van der Waals surface area contributed by atoms with Crippen LogP contribution in [-0.4, -0.2) is 26.4 Å². The predicted molar refractivity (Wildman–Crippen MR) is 78.5 cm³/mol. The molecule has 0 atom stereocenters. The molecular formula is C16H14F3NO3. The minimum Gasteiger partial charge on any atom is -0.496 e. The van der Waals surface area contributed by atoms with Crippen molar-refractivity contribution >= 4 is 5.91 Å². The van der Waals surface area contributed by atoms with Crippen LogP contribution in [-0.2, 0) is 0 Å². The van der Waals surface area contributed by atoms with Gasteiger partial charge in [0.05, 0.1) is 7.11 Å². The van der Waals surface area contributed by atoms with Crippen molar-refractivity contribution in [3.8, 4) is 22.6 Å². The van der Waals surface area contributed by atoms with E-state index < -0.39 is 6.36 Å². The van der Waals surface area contributed by atoms with E-state index in [1.54, 1.807) is 6.07 Å². The average Bonchev–Trinajstić information content (AvgIpc) is 2.52. The van der Waals surface area contributed by atoms with Crippen LogP contribution in [0.25, 0.3) is 11.1 Å². The maximum absolute atomic E-state index is 12.6. The van der Waals surface area contributed by atoms with E-state index in [1.165, 1.54) is 50.6 Å². The quantitative estimate of drug-likeness (QED) is 0.934. The molecule has 2 aromatic rings. The second kappa shape index (κ2) is 6.60. The molecule has 0 saturated heterocycles. The van der Waals surface area contributed by atoms with Crippen molar-refractivity contribution in [2.75, 3.05) is 14.2 Å². The Morgan fingerprint density at radius 2 is 1.74 bits per heavy atom. The molecule has 0 heterocycles. The van der Waals surface area contributed by atoms with E-state index in [-0.39, 0.29) is 17.2 Å². The number of carbonyl (C=O) groups excluding carboxylic acids is 1. The molecule has 0 radical (unpaired) electrons. The summed E-state index contributed by atoms with van der Waals surface area (Å²) in [5.41, 5.74) is 0.797. The molecule has 7 heteroatoms. The largest absolute Gasteiger partial charge is 0.573 e. The molecule has 2 rings (SSSR count). The van der Waals surface area contributed by atoms with Gasteiger partial charge in [-0.05, 0) is 24.3 Å². The maximum Gasteiger partial charge on any atom is 0.573 e. The molecule has 122 valence electrons. The standard InChI is InChI=1S/C16H14F3NO3/c1-20-15(21)10-7-8-13(22-2)12(9-10)11-5-3-4-6-14(11)23-16(17,18)19/h3-9H,1-2H3,(H,20,21). The summed E-state index contributed by atoms with van der Waals surface area (Å²) in [6.45, 7) is 0. The van der Waals surface area contributed by atoms with Crippen LogP contribution >= 0.6 is 0 Å². The summed E-state index contributed by atoms with van der Waals surface area (Å²) < 4.78 is 46.9. The second-order valence-electron chi connectivity index (χ2n) is 4.54. The summed E-state index contributed by atoms with van der Waals surface area (Å²) >= 11 is 0. The van der Waals surface area contributed by atoms with E-state index in [9.17, 15) is 18.0 Å². The molecule has 0 aliphatic carbocycles. The number of para-hydroxylation sites is 1. The predicted octanol–water partition coefficient (Wildman–Crippen LogP) is 3.62. The Morgan fingerprint density at radius 3 is 2.35 bits per heavy atom. The molecule has 0 aromatic heterocycles. The molecule has 0 saturated carbocycles. The number of carbonyl (C=O) groups is 1. The number of ether oxygens (including phenoxy) is 2. The normalized spacial score (nSPS) is 11.0. The first-order chi connectivity index (χ1) is 10.9. The van der Waals surface area contributed by atoms with Gasteiger partial charge in [-0.2, -0.15) is 0 Å². The van der Waals surface area contributed by atoms with Gasteiger partial charge in [0, 0.05) is 23.7 Å². The van der Waals surface area contributed by atoms with Crippen molar-refractivity contribution in [1.29, 1.82) is 0 Å². The van der Waals surface area contributed by atoms with E-state index in [4.69, 9.17) is 4.74 Å². The Hall–Kier alpha value is -2.70. The Balaban J connectivity index is 2.59. The van der Waals surface area contributed by atoms with Crippen molar-refractivity contribution in [1.82, 2.24) is 5.32 Å². The van der Waals surface area contributed by atoms with Crippen LogP contribution in [0.5, 0.6) is 11.5 Å². The summed E-state index contributed by atoms with van der Waals surface area (Å²) in [4.78, 5) is 11.7. The number of alkyl halides is 3. The molecule has 23 heavy (non-hydrogen) atoms. The molecule has 0 spiro atoms. The van der Waals surface area contributed by atoms with Gasteiger partial charge in [-0.1, -0.05) is 18.2 Å². The number of nitrogens with one attached hydrogen (secondary N) is 1. The molecular weight excluding hydrogens is 311 g/mol. The number of rotatable bonds is 4. The van der Waals surface area contributed by atoms with Gasteiger partial charge in [0.25, 0.3) is 5.91 Å². The average molecular weight is 325 g/mol. The van der Waals surface area contributed by atoms with Crippen LogP contribution in [0.15, 0.2) is 42.5 Å². The highest BCUT2D eigenvalue weighted by Crippen LogP contribution is 2.38. The van der Waals surface area contributed by atoms with Crippen molar-refractivity contribution < 1.29 is 27.4 Å². The third-order valence-electron chi connectivity index (χ3n) is 3.09. The number of halogens is 3. The van der Waals surface area contributed by atoms with Gasteiger partial charge in [-0.3, -0.25) is 4.79 Å². The number of benzene rings is 2. The fourth-order valence-corrected chi connectivity index (χ4v) is 2.11. The zero-order chi connectivity index (χ0) is 17.0. The lowest BCUT2D eigenvalue weighted by Crippen LogP contribution is -2.18. The van der Waals surface area contributed by atoms with Crippen molar-refractivity contribution in [2.45, 2.75) is 6.36 Å². The Bertz CT molecular complexity index is 714. The Morgan fingerprint density at radius 1 is 1.04 bits per heavy atom. The van der Waals surface area contributed by atoms with E-state index in [0.717, 1.165) is 0 Å². The summed E-state index contributed by atoms with van der Waals surface area (Å²) in [5.74, 6) is -0.397. The number of hydrogen-bond donors (Lipinski definition) is 1. The molecule has 2 aromatic carbocycles. The zero-order valence-electron chi connectivity index (χ0n) is 12.4. The van der Waals surface area contributed by atoms with E-state index in [0.29, 0.717) is 16.9 Å². The molecule has 4 nitrogen and oxygen atoms in total. The fourth-order valence-electron chi connectivity index (χ4n) is 2.11. The topological polar surface area (TPSA) is 47.6 Å². The third-order valence-corrected chi connectivity index (χ3v) is 3.09. The van der Waals surface area contributed by atoms with Crippen LogP contribution in [0.4, 0.5) is 13.2 Å². The number of methoxy groups -OCH3 is 1. The maximum atomic E-state index is 12.6. The first-order valence-electron chi connectivity index (χ1n) is 6.61. The van der Waals surface area contributed by atoms with Gasteiger partial charge >= 0.3 is 6.36 Å². The summed E-state index contributed by atoms with van der Waals surface area (Å²) in [5, 5.41) is 2.46. The van der Waals surface area contributed by atoms with Gasteiger partial charge in [0.15, 0.2) is 0 Å². The molecule has 0 aliphatic heterocycles. The van der Waals surface area contributed by atoms with Crippen LogP contribution < -0.4 is 14.8 Å². The van der Waals surface area contributed by atoms with E-state index >= 15 is 0 Å². The minimum atomic E-state index is -4.82. The molecule has 0 bridgehead atoms. The number of amides is 1. The lowest BCUT2D eigenvalue weighted by Gasteiger charge is -2.16.